The number of thioether (sulfide) groups is 1. The van der Waals surface area contributed by atoms with E-state index < -0.39 is 0 Å². The van der Waals surface area contributed by atoms with Crippen molar-refractivity contribution in [2.24, 2.45) is 0 Å². The maximum absolute atomic E-state index is 6.02. The minimum Gasteiger partial charge on any atom is -0.492 e. The predicted molar refractivity (Wildman–Crippen MR) is 90.6 cm³/mol. The zero-order chi connectivity index (χ0) is 14.8. The molecule has 0 saturated carbocycles. The van der Waals surface area contributed by atoms with Gasteiger partial charge in [0.2, 0.25) is 0 Å². The van der Waals surface area contributed by atoms with Crippen LogP contribution in [0.5, 0.6) is 5.75 Å². The summed E-state index contributed by atoms with van der Waals surface area (Å²) in [5.74, 6) is 1.56. The minimum atomic E-state index is 0.535. The molecule has 1 nitrogen and oxygen atoms in total. The van der Waals surface area contributed by atoms with Gasteiger partial charge in [-0.3, -0.25) is 0 Å². The van der Waals surface area contributed by atoms with Crippen LogP contribution in [-0.4, -0.2) is 11.9 Å². The fourth-order valence-corrected chi connectivity index (χ4v) is 4.14. The van der Waals surface area contributed by atoms with Crippen molar-refractivity contribution < 1.29 is 4.74 Å². The Morgan fingerprint density at radius 1 is 1.19 bits per heavy atom. The SMILES string of the molecule is Cc1cc(OCC2Cc3ccccc3S2)ccc1C(C)C. The molecule has 0 fully saturated rings. The Labute approximate surface area is 131 Å². The molecule has 110 valence electrons. The number of hydrogen-bond acceptors (Lipinski definition) is 2. The molecule has 1 atom stereocenters. The average molecular weight is 298 g/mol. The van der Waals surface area contributed by atoms with Crippen LogP contribution >= 0.6 is 11.8 Å². The summed E-state index contributed by atoms with van der Waals surface area (Å²) in [5.41, 5.74) is 4.19. The van der Waals surface area contributed by atoms with E-state index in [0.717, 1.165) is 18.8 Å². The molecule has 0 spiro atoms. The first kappa shape index (κ1) is 14.5. The lowest BCUT2D eigenvalue weighted by Crippen LogP contribution is -2.13. The molecule has 1 aliphatic rings. The molecule has 0 aromatic heterocycles. The maximum Gasteiger partial charge on any atom is 0.119 e. The van der Waals surface area contributed by atoms with Crippen molar-refractivity contribution in [3.05, 3.63) is 59.2 Å². The van der Waals surface area contributed by atoms with Crippen molar-refractivity contribution in [2.45, 2.75) is 43.3 Å². The summed E-state index contributed by atoms with van der Waals surface area (Å²) in [6.45, 7) is 7.41. The first-order valence-electron chi connectivity index (χ1n) is 7.61. The molecule has 2 heteroatoms. The Balaban J connectivity index is 1.61. The van der Waals surface area contributed by atoms with E-state index in [2.05, 4.69) is 63.2 Å². The number of rotatable bonds is 4. The topological polar surface area (TPSA) is 9.23 Å². The minimum absolute atomic E-state index is 0.535. The van der Waals surface area contributed by atoms with Crippen molar-refractivity contribution in [2.75, 3.05) is 6.61 Å². The molecule has 2 aromatic carbocycles. The second kappa shape index (κ2) is 6.15. The van der Waals surface area contributed by atoms with Gasteiger partial charge in [0.25, 0.3) is 0 Å². The van der Waals surface area contributed by atoms with Crippen molar-refractivity contribution in [3.8, 4) is 5.75 Å². The second-order valence-electron chi connectivity index (χ2n) is 6.04. The predicted octanol–water partition coefficient (Wildman–Crippen LogP) is 5.21. The molecule has 0 amide bonds. The number of aryl methyl sites for hydroxylation is 1. The lowest BCUT2D eigenvalue weighted by Gasteiger charge is -2.14. The van der Waals surface area contributed by atoms with Gasteiger partial charge in [-0.25, -0.2) is 0 Å². The molecule has 21 heavy (non-hydrogen) atoms. The zero-order valence-corrected chi connectivity index (χ0v) is 13.7. The molecule has 0 saturated heterocycles. The number of ether oxygens (including phenoxy) is 1. The molecular weight excluding hydrogens is 276 g/mol. The zero-order valence-electron chi connectivity index (χ0n) is 12.9. The van der Waals surface area contributed by atoms with E-state index in [4.69, 9.17) is 4.74 Å². The molecule has 0 bridgehead atoms. The van der Waals surface area contributed by atoms with E-state index in [-0.39, 0.29) is 0 Å². The van der Waals surface area contributed by atoms with Crippen molar-refractivity contribution in [3.63, 3.8) is 0 Å². The summed E-state index contributed by atoms with van der Waals surface area (Å²) in [6.07, 6.45) is 1.11. The monoisotopic (exact) mass is 298 g/mol. The normalized spacial score (nSPS) is 17.0. The van der Waals surface area contributed by atoms with E-state index in [1.165, 1.54) is 21.6 Å². The van der Waals surface area contributed by atoms with E-state index in [9.17, 15) is 0 Å². The van der Waals surface area contributed by atoms with E-state index in [1.54, 1.807) is 0 Å². The average Bonchev–Trinajstić information content (AvgIpc) is 2.87. The number of hydrogen-bond donors (Lipinski definition) is 0. The summed E-state index contributed by atoms with van der Waals surface area (Å²) >= 11 is 1.94. The van der Waals surface area contributed by atoms with Crippen LogP contribution in [0.3, 0.4) is 0 Å². The van der Waals surface area contributed by atoms with Gasteiger partial charge in [0.15, 0.2) is 0 Å². The van der Waals surface area contributed by atoms with Crippen LogP contribution < -0.4 is 4.74 Å². The summed E-state index contributed by atoms with van der Waals surface area (Å²) in [4.78, 5) is 1.41. The summed E-state index contributed by atoms with van der Waals surface area (Å²) in [6, 6.07) is 15.1. The quantitative estimate of drug-likeness (QED) is 0.766. The molecule has 0 aliphatic carbocycles. The van der Waals surface area contributed by atoms with Crippen molar-refractivity contribution in [1.29, 1.82) is 0 Å². The summed E-state index contributed by atoms with van der Waals surface area (Å²) < 4.78 is 6.02. The van der Waals surface area contributed by atoms with Gasteiger partial charge in [-0.1, -0.05) is 38.1 Å². The fraction of sp³-hybridized carbons (Fsp3) is 0.368. The molecule has 3 rings (SSSR count). The van der Waals surface area contributed by atoms with Crippen LogP contribution in [0.25, 0.3) is 0 Å². The fourth-order valence-electron chi connectivity index (χ4n) is 2.92. The Kier molecular flexibility index (Phi) is 4.25. The Hall–Kier alpha value is -1.41. The third-order valence-electron chi connectivity index (χ3n) is 4.01. The van der Waals surface area contributed by atoms with Gasteiger partial charge < -0.3 is 4.74 Å². The van der Waals surface area contributed by atoms with E-state index >= 15 is 0 Å². The standard InChI is InChI=1S/C19H22OS/c1-13(2)18-9-8-16(10-14(18)3)20-12-17-11-15-6-4-5-7-19(15)21-17/h4-10,13,17H,11-12H2,1-3H3. The van der Waals surface area contributed by atoms with Gasteiger partial charge >= 0.3 is 0 Å². The van der Waals surface area contributed by atoms with Crippen LogP contribution in [0.2, 0.25) is 0 Å². The third kappa shape index (κ3) is 3.26. The van der Waals surface area contributed by atoms with Gasteiger partial charge in [0.05, 0.1) is 0 Å². The highest BCUT2D eigenvalue weighted by atomic mass is 32.2. The van der Waals surface area contributed by atoms with Crippen LogP contribution in [0, 0.1) is 6.92 Å². The Bertz CT molecular complexity index is 608. The maximum atomic E-state index is 6.02. The van der Waals surface area contributed by atoms with Gasteiger partial charge in [-0.15, -0.1) is 11.8 Å². The molecule has 2 aromatic rings. The van der Waals surface area contributed by atoms with Crippen molar-refractivity contribution in [1.82, 2.24) is 0 Å². The molecule has 1 heterocycles. The van der Waals surface area contributed by atoms with Crippen LogP contribution in [0.4, 0.5) is 0 Å². The Morgan fingerprint density at radius 3 is 2.71 bits per heavy atom. The highest BCUT2D eigenvalue weighted by Crippen LogP contribution is 2.37. The molecular formula is C19H22OS. The first-order valence-corrected chi connectivity index (χ1v) is 8.49. The van der Waals surface area contributed by atoms with Crippen LogP contribution in [0.1, 0.15) is 36.5 Å². The lowest BCUT2D eigenvalue weighted by molar-refractivity contribution is 0.317. The van der Waals surface area contributed by atoms with Crippen LogP contribution in [0.15, 0.2) is 47.4 Å². The van der Waals surface area contributed by atoms with Gasteiger partial charge in [-0.2, -0.15) is 0 Å². The number of benzene rings is 2. The lowest BCUT2D eigenvalue weighted by atomic mass is 9.98. The highest BCUT2D eigenvalue weighted by Gasteiger charge is 2.22. The highest BCUT2D eigenvalue weighted by molar-refractivity contribution is 8.00. The first-order chi connectivity index (χ1) is 10.1. The Morgan fingerprint density at radius 2 is 2.00 bits per heavy atom. The summed E-state index contributed by atoms with van der Waals surface area (Å²) in [7, 11) is 0. The molecule has 0 radical (unpaired) electrons. The third-order valence-corrected chi connectivity index (χ3v) is 5.30. The smallest absolute Gasteiger partial charge is 0.119 e. The van der Waals surface area contributed by atoms with E-state index in [0.29, 0.717) is 11.2 Å². The van der Waals surface area contributed by atoms with Gasteiger partial charge in [0.1, 0.15) is 12.4 Å². The molecule has 0 N–H and O–H groups in total. The van der Waals surface area contributed by atoms with Crippen LogP contribution in [-0.2, 0) is 6.42 Å². The molecule has 1 aliphatic heterocycles. The van der Waals surface area contributed by atoms with Gasteiger partial charge in [0, 0.05) is 10.1 Å². The van der Waals surface area contributed by atoms with Crippen molar-refractivity contribution >= 4 is 11.8 Å². The summed E-state index contributed by atoms with van der Waals surface area (Å²) in [5, 5.41) is 0.535. The molecule has 1 unspecified atom stereocenters. The van der Waals surface area contributed by atoms with Gasteiger partial charge in [-0.05, 0) is 54.2 Å². The second-order valence-corrected chi connectivity index (χ2v) is 7.38. The number of fused-ring (bicyclic) bond motifs is 1. The van der Waals surface area contributed by atoms with E-state index in [1.807, 2.05) is 11.8 Å². The largest absolute Gasteiger partial charge is 0.492 e.